The summed E-state index contributed by atoms with van der Waals surface area (Å²) < 4.78 is 13.3. The van der Waals surface area contributed by atoms with Crippen molar-refractivity contribution in [3.63, 3.8) is 0 Å². The highest BCUT2D eigenvalue weighted by Crippen LogP contribution is 2.19. The van der Waals surface area contributed by atoms with Crippen molar-refractivity contribution in [1.29, 1.82) is 0 Å². The highest BCUT2D eigenvalue weighted by atomic mass is 32.1. The van der Waals surface area contributed by atoms with Crippen LogP contribution in [-0.4, -0.2) is 17.4 Å². The van der Waals surface area contributed by atoms with Crippen molar-refractivity contribution in [2.24, 2.45) is 0 Å². The summed E-state index contributed by atoms with van der Waals surface area (Å²) in [4.78, 5) is 14.8. The van der Waals surface area contributed by atoms with Gasteiger partial charge in [0.2, 0.25) is 5.91 Å². The maximum Gasteiger partial charge on any atom is 0.244 e. The topological polar surface area (TPSA) is 44.9 Å². The first-order chi connectivity index (χ1) is 10.7. The molecule has 5 heteroatoms. The standard InChI is InChI=1S/C17H15FN2OS/c18-14-2-3-16-15(9-14)13(10-20-16)5-7-19-17(21)4-1-12-6-8-22-11-12/h1-4,6,8-11,20H,5,7H2,(H,19,21). The minimum absolute atomic E-state index is 0.128. The molecule has 3 aromatic rings. The van der Waals surface area contributed by atoms with E-state index in [9.17, 15) is 9.18 Å². The van der Waals surface area contributed by atoms with Gasteiger partial charge in [-0.05, 0) is 58.6 Å². The molecule has 0 unspecified atom stereocenters. The molecule has 3 rings (SSSR count). The van der Waals surface area contributed by atoms with Gasteiger partial charge in [0.25, 0.3) is 0 Å². The van der Waals surface area contributed by atoms with Gasteiger partial charge in [-0.1, -0.05) is 0 Å². The lowest BCUT2D eigenvalue weighted by molar-refractivity contribution is -0.116. The van der Waals surface area contributed by atoms with Crippen LogP contribution >= 0.6 is 11.3 Å². The van der Waals surface area contributed by atoms with Crippen LogP contribution in [0, 0.1) is 5.82 Å². The molecule has 0 aliphatic rings. The Morgan fingerprint density at radius 1 is 1.36 bits per heavy atom. The van der Waals surface area contributed by atoms with Gasteiger partial charge in [0.1, 0.15) is 5.82 Å². The van der Waals surface area contributed by atoms with Crippen LogP contribution in [-0.2, 0) is 11.2 Å². The molecule has 2 N–H and O–H groups in total. The van der Waals surface area contributed by atoms with E-state index in [-0.39, 0.29) is 11.7 Å². The number of carbonyl (C=O) groups is 1. The van der Waals surface area contributed by atoms with Crippen LogP contribution < -0.4 is 5.32 Å². The van der Waals surface area contributed by atoms with Gasteiger partial charge in [-0.25, -0.2) is 4.39 Å². The molecule has 0 fully saturated rings. The Morgan fingerprint density at radius 2 is 2.27 bits per heavy atom. The number of nitrogens with one attached hydrogen (secondary N) is 2. The predicted octanol–water partition coefficient (Wildman–Crippen LogP) is 3.74. The number of carbonyl (C=O) groups excluding carboxylic acids is 1. The average molecular weight is 314 g/mol. The summed E-state index contributed by atoms with van der Waals surface area (Å²) in [5.74, 6) is -0.381. The van der Waals surface area contributed by atoms with Crippen molar-refractivity contribution in [3.8, 4) is 0 Å². The Bertz CT molecular complexity index is 805. The molecule has 3 nitrogen and oxygen atoms in total. The van der Waals surface area contributed by atoms with Gasteiger partial charge in [-0.2, -0.15) is 11.3 Å². The van der Waals surface area contributed by atoms with Crippen molar-refractivity contribution in [1.82, 2.24) is 10.3 Å². The zero-order chi connectivity index (χ0) is 15.4. The van der Waals surface area contributed by atoms with Crippen molar-refractivity contribution in [2.75, 3.05) is 6.54 Å². The normalized spacial score (nSPS) is 11.3. The summed E-state index contributed by atoms with van der Waals surface area (Å²) in [6.07, 6.45) is 5.82. The van der Waals surface area contributed by atoms with Crippen molar-refractivity contribution < 1.29 is 9.18 Å². The number of rotatable bonds is 5. The molecule has 0 bridgehead atoms. The summed E-state index contributed by atoms with van der Waals surface area (Å²) in [6.45, 7) is 0.510. The second-order valence-electron chi connectivity index (χ2n) is 4.93. The van der Waals surface area contributed by atoms with E-state index in [4.69, 9.17) is 0 Å². The van der Waals surface area contributed by atoms with Crippen LogP contribution in [0.15, 0.2) is 47.3 Å². The van der Waals surface area contributed by atoms with Crippen LogP contribution in [0.5, 0.6) is 0 Å². The van der Waals surface area contributed by atoms with Crippen LogP contribution in [0.4, 0.5) is 4.39 Å². The summed E-state index contributed by atoms with van der Waals surface area (Å²) >= 11 is 1.59. The fourth-order valence-corrected chi connectivity index (χ4v) is 2.91. The molecule has 22 heavy (non-hydrogen) atoms. The molecule has 2 aromatic heterocycles. The Morgan fingerprint density at radius 3 is 3.09 bits per heavy atom. The maximum absolute atomic E-state index is 13.3. The second kappa shape index (κ2) is 6.58. The summed E-state index contributed by atoms with van der Waals surface area (Å²) in [5.41, 5.74) is 2.92. The SMILES string of the molecule is O=C(C=Cc1ccsc1)NCCc1c[nH]c2ccc(F)cc12. The minimum atomic E-state index is -0.254. The third-order valence-electron chi connectivity index (χ3n) is 3.39. The maximum atomic E-state index is 13.3. The summed E-state index contributed by atoms with van der Waals surface area (Å²) in [6, 6.07) is 6.62. The van der Waals surface area contributed by atoms with E-state index in [0.29, 0.717) is 13.0 Å². The summed E-state index contributed by atoms with van der Waals surface area (Å²) in [5, 5.41) is 7.64. The van der Waals surface area contributed by atoms with Gasteiger partial charge in [-0.15, -0.1) is 0 Å². The Labute approximate surface area is 131 Å². The smallest absolute Gasteiger partial charge is 0.244 e. The molecule has 1 amide bonds. The number of aromatic nitrogens is 1. The van der Waals surface area contributed by atoms with Crippen molar-refractivity contribution in [2.45, 2.75) is 6.42 Å². The number of aromatic amines is 1. The van der Waals surface area contributed by atoms with Crippen LogP contribution in [0.3, 0.4) is 0 Å². The molecule has 0 aliphatic heterocycles. The van der Waals surface area contributed by atoms with E-state index >= 15 is 0 Å². The molecule has 0 radical (unpaired) electrons. The van der Waals surface area contributed by atoms with Gasteiger partial charge in [0, 0.05) is 29.7 Å². The highest BCUT2D eigenvalue weighted by molar-refractivity contribution is 7.08. The molecular formula is C17H15FN2OS. The zero-order valence-electron chi connectivity index (χ0n) is 11.8. The summed E-state index contributed by atoms with van der Waals surface area (Å²) in [7, 11) is 0. The van der Waals surface area contributed by atoms with E-state index in [0.717, 1.165) is 22.0 Å². The van der Waals surface area contributed by atoms with Gasteiger partial charge in [0.15, 0.2) is 0 Å². The van der Waals surface area contributed by atoms with Crippen molar-refractivity contribution in [3.05, 3.63) is 64.2 Å². The van der Waals surface area contributed by atoms with Gasteiger partial charge < -0.3 is 10.3 Å². The van der Waals surface area contributed by atoms with Gasteiger partial charge >= 0.3 is 0 Å². The number of thiophene rings is 1. The first-order valence-electron chi connectivity index (χ1n) is 6.96. The molecule has 1 aromatic carbocycles. The third kappa shape index (κ3) is 3.43. The number of hydrogen-bond donors (Lipinski definition) is 2. The van der Waals surface area contributed by atoms with Gasteiger partial charge in [-0.3, -0.25) is 4.79 Å². The first kappa shape index (κ1) is 14.5. The van der Waals surface area contributed by atoms with E-state index in [1.54, 1.807) is 23.5 Å². The van der Waals surface area contributed by atoms with Crippen LogP contribution in [0.25, 0.3) is 17.0 Å². The third-order valence-corrected chi connectivity index (χ3v) is 4.09. The Kier molecular flexibility index (Phi) is 4.34. The van der Waals surface area contributed by atoms with Crippen LogP contribution in [0.1, 0.15) is 11.1 Å². The quantitative estimate of drug-likeness (QED) is 0.692. The molecule has 0 saturated heterocycles. The Hall–Kier alpha value is -2.40. The van der Waals surface area contributed by atoms with Crippen molar-refractivity contribution >= 4 is 34.2 Å². The molecule has 0 aliphatic carbocycles. The van der Waals surface area contributed by atoms with Gasteiger partial charge in [0.05, 0.1) is 0 Å². The fraction of sp³-hybridized carbons (Fsp3) is 0.118. The number of fused-ring (bicyclic) bond motifs is 1. The lowest BCUT2D eigenvalue weighted by atomic mass is 10.1. The number of amides is 1. The monoisotopic (exact) mass is 314 g/mol. The lowest BCUT2D eigenvalue weighted by Crippen LogP contribution is -2.23. The number of halogens is 1. The molecule has 0 spiro atoms. The molecule has 2 heterocycles. The fourth-order valence-electron chi connectivity index (χ4n) is 2.28. The zero-order valence-corrected chi connectivity index (χ0v) is 12.6. The molecular weight excluding hydrogens is 299 g/mol. The first-order valence-corrected chi connectivity index (χ1v) is 7.90. The largest absolute Gasteiger partial charge is 0.361 e. The second-order valence-corrected chi connectivity index (χ2v) is 5.71. The molecule has 0 saturated carbocycles. The lowest BCUT2D eigenvalue weighted by Gasteiger charge is -2.01. The Balaban J connectivity index is 1.56. The van der Waals surface area contributed by atoms with E-state index in [2.05, 4.69) is 10.3 Å². The minimum Gasteiger partial charge on any atom is -0.361 e. The number of hydrogen-bond acceptors (Lipinski definition) is 2. The van der Waals surface area contributed by atoms with E-state index in [1.165, 1.54) is 18.2 Å². The number of H-pyrrole nitrogens is 1. The predicted molar refractivity (Wildman–Crippen MR) is 88.3 cm³/mol. The average Bonchev–Trinajstić information content (AvgIpc) is 3.15. The van der Waals surface area contributed by atoms with Crippen LogP contribution in [0.2, 0.25) is 0 Å². The molecule has 0 atom stereocenters. The van der Waals surface area contributed by atoms with E-state index < -0.39 is 0 Å². The molecule has 112 valence electrons. The highest BCUT2D eigenvalue weighted by Gasteiger charge is 2.05. The van der Waals surface area contributed by atoms with E-state index in [1.807, 2.05) is 23.0 Å². The number of benzene rings is 1.